The number of carbonyl (C=O) groups excluding carboxylic acids is 1. The predicted octanol–water partition coefficient (Wildman–Crippen LogP) is 1.34. The molecule has 1 aromatic rings. The first-order chi connectivity index (χ1) is 9.27. The van der Waals surface area contributed by atoms with Gasteiger partial charge in [-0.3, -0.25) is 4.79 Å². The average Bonchev–Trinajstić information content (AvgIpc) is 2.32. The minimum Gasteiger partial charge on any atom is -0.330 e. The fourth-order valence-electron chi connectivity index (χ4n) is 1.62. The van der Waals surface area contributed by atoms with Gasteiger partial charge in [-0.15, -0.1) is 0 Å². The maximum Gasteiger partial charge on any atom is 0.240 e. The molecular weight excluding hydrogens is 346 g/mol. The summed E-state index contributed by atoms with van der Waals surface area (Å²) >= 11 is 3.26. The molecule has 0 bridgehead atoms. The molecule has 0 aromatic heterocycles. The van der Waals surface area contributed by atoms with Crippen molar-refractivity contribution in [3.8, 4) is 0 Å². The van der Waals surface area contributed by atoms with E-state index in [2.05, 4.69) is 26.0 Å². The smallest absolute Gasteiger partial charge is 0.240 e. The molecule has 6 nitrogen and oxygen atoms in total. The van der Waals surface area contributed by atoms with Crippen LogP contribution in [0.4, 0.5) is 5.69 Å². The third kappa shape index (κ3) is 4.55. The summed E-state index contributed by atoms with van der Waals surface area (Å²) in [6.45, 7) is 3.78. The Kier molecular flexibility index (Phi) is 6.12. The first-order valence-electron chi connectivity index (χ1n) is 6.05. The molecule has 0 saturated heterocycles. The number of anilines is 1. The molecule has 0 fully saturated rings. The zero-order chi connectivity index (χ0) is 15.3. The molecule has 0 unspecified atom stereocenters. The van der Waals surface area contributed by atoms with Crippen molar-refractivity contribution in [2.45, 2.75) is 25.2 Å². The summed E-state index contributed by atoms with van der Waals surface area (Å²) in [5.74, 6) is -0.221. The lowest BCUT2D eigenvalue weighted by molar-refractivity contribution is -0.114. The van der Waals surface area contributed by atoms with Gasteiger partial charge in [0.2, 0.25) is 15.9 Å². The van der Waals surface area contributed by atoms with Crippen LogP contribution in [0.3, 0.4) is 0 Å². The lowest BCUT2D eigenvalue weighted by Gasteiger charge is -2.12. The van der Waals surface area contributed by atoms with E-state index >= 15 is 0 Å². The molecule has 0 radical (unpaired) electrons. The van der Waals surface area contributed by atoms with Crippen molar-refractivity contribution in [1.29, 1.82) is 0 Å². The number of nitrogens with two attached hydrogens (primary N) is 1. The number of hydrogen-bond acceptors (Lipinski definition) is 4. The van der Waals surface area contributed by atoms with E-state index in [-0.39, 0.29) is 10.8 Å². The van der Waals surface area contributed by atoms with Crippen LogP contribution in [0.5, 0.6) is 0 Å². The molecule has 1 aromatic carbocycles. The lowest BCUT2D eigenvalue weighted by Crippen LogP contribution is -2.27. The van der Waals surface area contributed by atoms with E-state index in [4.69, 9.17) is 5.73 Å². The van der Waals surface area contributed by atoms with Crippen LogP contribution in [0.1, 0.15) is 18.9 Å². The fourth-order valence-corrected chi connectivity index (χ4v) is 3.54. The van der Waals surface area contributed by atoms with Crippen LogP contribution in [0.2, 0.25) is 0 Å². The van der Waals surface area contributed by atoms with Gasteiger partial charge in [0.1, 0.15) is 0 Å². The van der Waals surface area contributed by atoms with E-state index in [0.717, 1.165) is 0 Å². The molecule has 0 saturated carbocycles. The van der Waals surface area contributed by atoms with Gasteiger partial charge in [0.25, 0.3) is 0 Å². The maximum atomic E-state index is 12.2. The fraction of sp³-hybridized carbons (Fsp3) is 0.417. The summed E-state index contributed by atoms with van der Waals surface area (Å²) in [5.41, 5.74) is 6.43. The SMILES string of the molecule is CC(=O)Nc1cc(C)c(S(=O)(=O)NCCCN)cc1Br. The second-order valence-electron chi connectivity index (χ2n) is 4.32. The van der Waals surface area contributed by atoms with Crippen molar-refractivity contribution in [3.05, 3.63) is 22.2 Å². The van der Waals surface area contributed by atoms with Crippen LogP contribution < -0.4 is 15.8 Å². The van der Waals surface area contributed by atoms with Crippen LogP contribution >= 0.6 is 15.9 Å². The first-order valence-corrected chi connectivity index (χ1v) is 8.33. The maximum absolute atomic E-state index is 12.2. The first kappa shape index (κ1) is 17.1. The zero-order valence-corrected chi connectivity index (χ0v) is 13.8. The van der Waals surface area contributed by atoms with Gasteiger partial charge >= 0.3 is 0 Å². The van der Waals surface area contributed by atoms with Crippen molar-refractivity contribution in [2.75, 3.05) is 18.4 Å². The van der Waals surface area contributed by atoms with E-state index < -0.39 is 10.0 Å². The summed E-state index contributed by atoms with van der Waals surface area (Å²) < 4.78 is 27.3. The topological polar surface area (TPSA) is 101 Å². The molecule has 0 spiro atoms. The van der Waals surface area contributed by atoms with Gasteiger partial charge in [0.15, 0.2) is 0 Å². The minimum atomic E-state index is -3.58. The highest BCUT2D eigenvalue weighted by Gasteiger charge is 2.18. The van der Waals surface area contributed by atoms with Crippen molar-refractivity contribution >= 4 is 37.5 Å². The molecule has 1 rings (SSSR count). The second-order valence-corrected chi connectivity index (χ2v) is 6.91. The molecule has 1 amide bonds. The molecule has 0 aliphatic heterocycles. The Morgan fingerprint density at radius 1 is 1.40 bits per heavy atom. The molecule has 0 atom stereocenters. The second kappa shape index (κ2) is 7.16. The van der Waals surface area contributed by atoms with Gasteiger partial charge in [-0.25, -0.2) is 13.1 Å². The van der Waals surface area contributed by atoms with E-state index in [1.54, 1.807) is 13.0 Å². The number of sulfonamides is 1. The van der Waals surface area contributed by atoms with E-state index in [1.165, 1.54) is 13.0 Å². The summed E-state index contributed by atoms with van der Waals surface area (Å²) in [5, 5.41) is 2.63. The number of nitrogens with one attached hydrogen (secondary N) is 2. The standard InChI is InChI=1S/C12H18BrN3O3S/c1-8-6-11(16-9(2)17)10(13)7-12(8)20(18,19)15-5-3-4-14/h6-7,15H,3-5,14H2,1-2H3,(H,16,17). The highest BCUT2D eigenvalue weighted by Crippen LogP contribution is 2.28. The number of benzene rings is 1. The number of halogens is 1. The Bertz CT molecular complexity index is 602. The van der Waals surface area contributed by atoms with Gasteiger partial charge in [0, 0.05) is 17.9 Å². The third-order valence-corrected chi connectivity index (χ3v) is 4.80. The van der Waals surface area contributed by atoms with Crippen molar-refractivity contribution in [1.82, 2.24) is 4.72 Å². The quantitative estimate of drug-likeness (QED) is 0.663. The van der Waals surface area contributed by atoms with Gasteiger partial charge in [0.05, 0.1) is 10.6 Å². The van der Waals surface area contributed by atoms with Gasteiger partial charge < -0.3 is 11.1 Å². The summed E-state index contributed by atoms with van der Waals surface area (Å²) in [4.78, 5) is 11.2. The average molecular weight is 364 g/mol. The monoisotopic (exact) mass is 363 g/mol. The van der Waals surface area contributed by atoms with Crippen LogP contribution in [0.25, 0.3) is 0 Å². The summed E-state index contributed by atoms with van der Waals surface area (Å²) in [6.07, 6.45) is 0.573. The summed E-state index contributed by atoms with van der Waals surface area (Å²) in [7, 11) is -3.58. The van der Waals surface area contributed by atoms with Crippen molar-refractivity contribution in [3.63, 3.8) is 0 Å². The number of rotatable bonds is 6. The molecule has 0 heterocycles. The molecule has 0 aliphatic rings. The van der Waals surface area contributed by atoms with Gasteiger partial charge in [-0.05, 0) is 53.5 Å². The lowest BCUT2D eigenvalue weighted by atomic mass is 10.2. The van der Waals surface area contributed by atoms with Crippen LogP contribution in [0, 0.1) is 6.92 Å². The molecule has 4 N–H and O–H groups in total. The highest BCUT2D eigenvalue weighted by atomic mass is 79.9. The minimum absolute atomic E-state index is 0.176. The Morgan fingerprint density at radius 2 is 2.05 bits per heavy atom. The van der Waals surface area contributed by atoms with Gasteiger partial charge in [-0.2, -0.15) is 0 Å². The van der Waals surface area contributed by atoms with Gasteiger partial charge in [-0.1, -0.05) is 0 Å². The molecule has 20 heavy (non-hydrogen) atoms. The Morgan fingerprint density at radius 3 is 2.60 bits per heavy atom. The Labute approximate surface area is 127 Å². The predicted molar refractivity (Wildman–Crippen MR) is 82.0 cm³/mol. The number of carbonyl (C=O) groups is 1. The number of aryl methyl sites for hydroxylation is 1. The Hall–Kier alpha value is -0.960. The van der Waals surface area contributed by atoms with E-state index in [0.29, 0.717) is 35.2 Å². The normalized spacial score (nSPS) is 11.4. The van der Waals surface area contributed by atoms with Crippen molar-refractivity contribution < 1.29 is 13.2 Å². The van der Waals surface area contributed by atoms with Crippen LogP contribution in [-0.2, 0) is 14.8 Å². The summed E-state index contributed by atoms with van der Waals surface area (Å²) in [6, 6.07) is 3.09. The van der Waals surface area contributed by atoms with Crippen molar-refractivity contribution in [2.24, 2.45) is 5.73 Å². The molecular formula is C12H18BrN3O3S. The van der Waals surface area contributed by atoms with E-state index in [1.807, 2.05) is 0 Å². The highest BCUT2D eigenvalue weighted by molar-refractivity contribution is 9.10. The zero-order valence-electron chi connectivity index (χ0n) is 11.4. The largest absolute Gasteiger partial charge is 0.330 e. The van der Waals surface area contributed by atoms with Crippen LogP contribution in [-0.4, -0.2) is 27.4 Å². The van der Waals surface area contributed by atoms with E-state index in [9.17, 15) is 13.2 Å². The molecule has 0 aliphatic carbocycles. The third-order valence-electron chi connectivity index (χ3n) is 2.54. The number of hydrogen-bond donors (Lipinski definition) is 3. The number of amides is 1. The Balaban J connectivity index is 3.08. The van der Waals surface area contributed by atoms with Crippen LogP contribution in [0.15, 0.2) is 21.5 Å². The molecule has 8 heteroatoms. The molecule has 112 valence electrons.